The van der Waals surface area contributed by atoms with Crippen LogP contribution in [0.1, 0.15) is 40.5 Å². The maximum atomic E-state index is 13.5. The number of fused-ring (bicyclic) bond motifs is 1. The van der Waals surface area contributed by atoms with Crippen molar-refractivity contribution in [2.24, 2.45) is 4.99 Å². The number of rotatable bonds is 7. The Morgan fingerprint density at radius 1 is 1.08 bits per heavy atom. The minimum Gasteiger partial charge on any atom is -0.496 e. The lowest BCUT2D eigenvalue weighted by Gasteiger charge is -2.26. The molecule has 0 saturated heterocycles. The number of nitrogens with one attached hydrogen (secondary N) is 1. The van der Waals surface area contributed by atoms with E-state index in [1.807, 2.05) is 39.0 Å². The van der Waals surface area contributed by atoms with Gasteiger partial charge in [-0.25, -0.2) is 4.99 Å². The molecular weight excluding hydrogens is 514 g/mol. The Balaban J connectivity index is 1.71. The number of esters is 1. The van der Waals surface area contributed by atoms with Crippen LogP contribution in [0.25, 0.3) is 10.9 Å². The summed E-state index contributed by atoms with van der Waals surface area (Å²) < 4.78 is 17.6. The van der Waals surface area contributed by atoms with E-state index in [2.05, 4.69) is 5.32 Å². The number of halogens is 1. The highest BCUT2D eigenvalue weighted by Gasteiger charge is 2.39. The number of aromatic nitrogens is 1. The summed E-state index contributed by atoms with van der Waals surface area (Å²) in [5, 5.41) is 4.77. The summed E-state index contributed by atoms with van der Waals surface area (Å²) in [6, 6.07) is 9.35. The van der Waals surface area contributed by atoms with E-state index in [1.54, 1.807) is 30.9 Å². The number of aliphatic imine (C=N–C) groups is 1. The van der Waals surface area contributed by atoms with Gasteiger partial charge in [-0.2, -0.15) is 0 Å². The van der Waals surface area contributed by atoms with E-state index in [1.165, 1.54) is 18.9 Å². The molecule has 1 aromatic heterocycles. The zero-order valence-corrected chi connectivity index (χ0v) is 23.3. The number of hydrogen-bond acceptors (Lipinski definition) is 7. The second-order valence-corrected chi connectivity index (χ2v) is 10.3. The van der Waals surface area contributed by atoms with Gasteiger partial charge in [0.25, 0.3) is 5.91 Å². The van der Waals surface area contributed by atoms with Crippen molar-refractivity contribution in [3.8, 4) is 11.5 Å². The van der Waals surface area contributed by atoms with Crippen molar-refractivity contribution in [3.05, 3.63) is 57.7 Å². The molecule has 0 radical (unpaired) electrons. The molecule has 0 saturated carbocycles. The number of hydrogen-bond donors (Lipinski definition) is 1. The third kappa shape index (κ3) is 5.02. The van der Waals surface area contributed by atoms with Crippen molar-refractivity contribution in [1.29, 1.82) is 0 Å². The predicted molar refractivity (Wildman–Crippen MR) is 147 cm³/mol. The minimum atomic E-state index is -0.635. The first-order chi connectivity index (χ1) is 17.7. The molecule has 0 aliphatic carbocycles. The molecule has 4 rings (SSSR count). The van der Waals surface area contributed by atoms with E-state index in [9.17, 15) is 9.59 Å². The summed E-state index contributed by atoms with van der Waals surface area (Å²) in [7, 11) is 4.48. The Bertz CT molecular complexity index is 1420. The van der Waals surface area contributed by atoms with E-state index in [-0.39, 0.29) is 12.5 Å². The molecule has 2 aromatic carbocycles. The molecule has 1 aliphatic heterocycles. The summed E-state index contributed by atoms with van der Waals surface area (Å²) in [6.07, 6.45) is 0.668. The van der Waals surface area contributed by atoms with Gasteiger partial charge in [0.05, 0.1) is 26.4 Å². The molecule has 10 heteroatoms. The Hall–Kier alpha value is -3.17. The number of carbonyl (C=O) groups is 2. The van der Waals surface area contributed by atoms with Crippen molar-refractivity contribution in [3.63, 3.8) is 0 Å². The lowest BCUT2D eigenvalue weighted by molar-refractivity contribution is -0.141. The van der Waals surface area contributed by atoms with Crippen LogP contribution in [0.5, 0.6) is 11.5 Å². The minimum absolute atomic E-state index is 0.0778. The SMILES string of the molecule is CCC1(c2cc(OC)c(Cl)cc2OC)CSC(NC(=O)c2cc3cc(C)c(C)cc3n2CC(=O)OC)=N1. The van der Waals surface area contributed by atoms with Crippen molar-refractivity contribution in [1.82, 2.24) is 9.88 Å². The first-order valence-electron chi connectivity index (χ1n) is 11.8. The molecule has 1 N–H and O–H groups in total. The lowest BCUT2D eigenvalue weighted by Crippen LogP contribution is -2.30. The number of benzene rings is 2. The number of methoxy groups -OCH3 is 3. The monoisotopic (exact) mass is 543 g/mol. The first kappa shape index (κ1) is 26.9. The van der Waals surface area contributed by atoms with Crippen LogP contribution < -0.4 is 14.8 Å². The largest absolute Gasteiger partial charge is 0.496 e. The number of carbonyl (C=O) groups excluding carboxylic acids is 2. The van der Waals surface area contributed by atoms with Gasteiger partial charge in [0.2, 0.25) is 0 Å². The number of ether oxygens (including phenoxy) is 3. The van der Waals surface area contributed by atoms with Crippen LogP contribution in [0.2, 0.25) is 5.02 Å². The van der Waals surface area contributed by atoms with E-state index >= 15 is 0 Å². The lowest BCUT2D eigenvalue weighted by atomic mass is 9.89. The quantitative estimate of drug-likeness (QED) is 0.410. The van der Waals surface area contributed by atoms with Crippen LogP contribution in [-0.4, -0.2) is 48.7 Å². The normalized spacial score (nSPS) is 17.0. The third-order valence-electron chi connectivity index (χ3n) is 6.81. The molecule has 1 amide bonds. The maximum Gasteiger partial charge on any atom is 0.325 e. The highest BCUT2D eigenvalue weighted by molar-refractivity contribution is 8.14. The third-order valence-corrected chi connectivity index (χ3v) is 8.19. The van der Waals surface area contributed by atoms with Crippen LogP contribution in [0.3, 0.4) is 0 Å². The average molecular weight is 544 g/mol. The molecule has 8 nitrogen and oxygen atoms in total. The summed E-state index contributed by atoms with van der Waals surface area (Å²) in [5.41, 5.74) is 3.52. The Kier molecular flexibility index (Phi) is 7.75. The second-order valence-electron chi connectivity index (χ2n) is 8.92. The number of amidine groups is 1. The highest BCUT2D eigenvalue weighted by atomic mass is 35.5. The molecule has 196 valence electrons. The van der Waals surface area contributed by atoms with E-state index in [0.29, 0.717) is 39.6 Å². The van der Waals surface area contributed by atoms with Crippen molar-refractivity contribution < 1.29 is 23.8 Å². The molecule has 2 heterocycles. The first-order valence-corrected chi connectivity index (χ1v) is 13.2. The summed E-state index contributed by atoms with van der Waals surface area (Å²) in [5.74, 6) is 0.943. The van der Waals surface area contributed by atoms with Gasteiger partial charge in [-0.1, -0.05) is 30.3 Å². The maximum absolute atomic E-state index is 13.5. The summed E-state index contributed by atoms with van der Waals surface area (Å²) in [6.45, 7) is 5.97. The van der Waals surface area contributed by atoms with Crippen LogP contribution in [0.4, 0.5) is 0 Å². The van der Waals surface area contributed by atoms with Gasteiger partial charge in [-0.3, -0.25) is 14.9 Å². The second kappa shape index (κ2) is 10.7. The molecular formula is C27H30ClN3O5S. The molecule has 1 unspecified atom stereocenters. The highest BCUT2D eigenvalue weighted by Crippen LogP contribution is 2.46. The fourth-order valence-corrected chi connectivity index (χ4v) is 5.92. The zero-order chi connectivity index (χ0) is 26.9. The van der Waals surface area contributed by atoms with Gasteiger partial charge < -0.3 is 18.8 Å². The van der Waals surface area contributed by atoms with Crippen molar-refractivity contribution >= 4 is 51.3 Å². The van der Waals surface area contributed by atoms with E-state index < -0.39 is 11.5 Å². The number of aryl methyl sites for hydroxylation is 2. The van der Waals surface area contributed by atoms with Gasteiger partial charge in [0.1, 0.15) is 29.3 Å². The van der Waals surface area contributed by atoms with Crippen molar-refractivity contribution in [2.45, 2.75) is 39.3 Å². The van der Waals surface area contributed by atoms with Crippen LogP contribution >= 0.6 is 23.4 Å². The molecule has 1 atom stereocenters. The number of thioether (sulfide) groups is 1. The van der Waals surface area contributed by atoms with E-state index in [0.717, 1.165) is 27.6 Å². The van der Waals surface area contributed by atoms with Crippen LogP contribution in [-0.2, 0) is 21.6 Å². The fourth-order valence-electron chi connectivity index (χ4n) is 4.49. The molecule has 37 heavy (non-hydrogen) atoms. The molecule has 3 aromatic rings. The number of amides is 1. The molecule has 1 aliphatic rings. The average Bonchev–Trinajstić information content (AvgIpc) is 3.45. The van der Waals surface area contributed by atoms with Crippen LogP contribution in [0, 0.1) is 13.8 Å². The predicted octanol–water partition coefficient (Wildman–Crippen LogP) is 5.24. The fraction of sp³-hybridized carbons (Fsp3) is 0.370. The van der Waals surface area contributed by atoms with Gasteiger partial charge in [0.15, 0.2) is 5.17 Å². The zero-order valence-electron chi connectivity index (χ0n) is 21.7. The summed E-state index contributed by atoms with van der Waals surface area (Å²) >= 11 is 7.77. The van der Waals surface area contributed by atoms with Crippen LogP contribution in [0.15, 0.2) is 35.3 Å². The van der Waals surface area contributed by atoms with Gasteiger partial charge in [0, 0.05) is 28.3 Å². The molecule has 0 spiro atoms. The smallest absolute Gasteiger partial charge is 0.325 e. The number of nitrogens with zero attached hydrogens (tertiary/aromatic N) is 2. The van der Waals surface area contributed by atoms with Crippen molar-refractivity contribution in [2.75, 3.05) is 27.1 Å². The molecule has 0 bridgehead atoms. The summed E-state index contributed by atoms with van der Waals surface area (Å²) in [4.78, 5) is 30.6. The Morgan fingerprint density at radius 3 is 2.43 bits per heavy atom. The van der Waals surface area contributed by atoms with Gasteiger partial charge >= 0.3 is 5.97 Å². The van der Waals surface area contributed by atoms with Gasteiger partial charge in [-0.05, 0) is 55.7 Å². The van der Waals surface area contributed by atoms with E-state index in [4.69, 9.17) is 30.8 Å². The topological polar surface area (TPSA) is 91.2 Å². The molecule has 0 fully saturated rings. The standard InChI is InChI=1S/C27H30ClN3O5S/c1-7-27(18-11-23(35-5)19(28)12-22(18)34-4)14-37-26(30-27)29-25(33)21-10-17-8-15(2)16(3)9-20(17)31(21)13-24(32)36-6/h8-12H,7,13-14H2,1-6H3,(H,29,30,33). The Morgan fingerprint density at radius 2 is 1.78 bits per heavy atom. The van der Waals surface area contributed by atoms with Gasteiger partial charge in [-0.15, -0.1) is 0 Å². The Labute approximate surface area is 225 Å².